The number of hydrogen-bond acceptors (Lipinski definition) is 4. The van der Waals surface area contributed by atoms with Gasteiger partial charge in [-0.15, -0.1) is 0 Å². The summed E-state index contributed by atoms with van der Waals surface area (Å²) in [5, 5.41) is 20.6. The van der Waals surface area contributed by atoms with Gasteiger partial charge in [0.05, 0.1) is 18.6 Å². The molecule has 0 saturated carbocycles. The normalized spacial score (nSPS) is 19.0. The van der Waals surface area contributed by atoms with Gasteiger partial charge in [0, 0.05) is 16.1 Å². The van der Waals surface area contributed by atoms with Crippen LogP contribution in [0.4, 0.5) is 0 Å². The fourth-order valence-electron chi connectivity index (χ4n) is 3.71. The number of halogens is 1. The van der Waals surface area contributed by atoms with E-state index in [0.717, 1.165) is 16.7 Å². The molecule has 0 aliphatic carbocycles. The van der Waals surface area contributed by atoms with Gasteiger partial charge in [0.25, 0.3) is 5.91 Å². The molecule has 32 heavy (non-hydrogen) atoms. The molecule has 0 aromatic heterocycles. The van der Waals surface area contributed by atoms with Gasteiger partial charge in [-0.3, -0.25) is 4.79 Å². The van der Waals surface area contributed by atoms with Crippen molar-refractivity contribution in [3.05, 3.63) is 100 Å². The van der Waals surface area contributed by atoms with E-state index in [1.807, 2.05) is 55.5 Å². The molecule has 6 nitrogen and oxygen atoms in total. The van der Waals surface area contributed by atoms with E-state index in [1.54, 1.807) is 42.3 Å². The summed E-state index contributed by atoms with van der Waals surface area (Å²) >= 11 is 6.07. The summed E-state index contributed by atoms with van der Waals surface area (Å²) in [6, 6.07) is 20.4. The Kier molecular flexibility index (Phi) is 6.23. The summed E-state index contributed by atoms with van der Waals surface area (Å²) in [5.74, 6) is -0.116. The highest BCUT2D eigenvalue weighted by Gasteiger charge is 2.41. The maximum atomic E-state index is 12.9. The van der Waals surface area contributed by atoms with Crippen LogP contribution < -0.4 is 15.2 Å². The first kappa shape index (κ1) is 21.6. The zero-order valence-electron chi connectivity index (χ0n) is 17.7. The molecule has 0 fully saturated rings. The van der Waals surface area contributed by atoms with Crippen molar-refractivity contribution in [2.75, 3.05) is 7.11 Å². The lowest BCUT2D eigenvalue weighted by Crippen LogP contribution is -2.47. The summed E-state index contributed by atoms with van der Waals surface area (Å²) in [4.78, 5) is 12.9. The number of para-hydroxylation sites is 1. The van der Waals surface area contributed by atoms with Crippen molar-refractivity contribution in [1.82, 2.24) is 5.32 Å². The van der Waals surface area contributed by atoms with E-state index in [0.29, 0.717) is 16.3 Å². The Hall–Kier alpha value is -3.64. The molecule has 3 aromatic rings. The first-order valence-corrected chi connectivity index (χ1v) is 10.5. The summed E-state index contributed by atoms with van der Waals surface area (Å²) in [5.41, 5.74) is 3.00. The van der Waals surface area contributed by atoms with Crippen molar-refractivity contribution in [2.45, 2.75) is 19.0 Å². The molecule has 0 spiro atoms. The number of methoxy groups -OCH3 is 1. The summed E-state index contributed by atoms with van der Waals surface area (Å²) in [6.07, 6.45) is 1.74. The molecule has 0 bridgehead atoms. The molecule has 162 valence electrons. The van der Waals surface area contributed by atoms with Gasteiger partial charge in [0.15, 0.2) is 0 Å². The molecule has 0 radical (unpaired) electrons. The van der Waals surface area contributed by atoms with Crippen LogP contribution in [0.2, 0.25) is 5.02 Å². The Morgan fingerprint density at radius 1 is 1.12 bits per heavy atom. The maximum Gasteiger partial charge on any atom is 0.252 e. The van der Waals surface area contributed by atoms with Crippen molar-refractivity contribution >= 4 is 29.6 Å². The highest BCUT2D eigenvalue weighted by molar-refractivity contribution is 6.30. The van der Waals surface area contributed by atoms with Crippen molar-refractivity contribution in [3.63, 3.8) is 0 Å². The predicted molar refractivity (Wildman–Crippen MR) is 122 cm³/mol. The van der Waals surface area contributed by atoms with E-state index < -0.39 is 18.0 Å². The molecular weight excluding hydrogens is 426 g/mol. The Balaban J connectivity index is 1.74. The number of rotatable bonds is 5. The molecular formula is C25H22ClN3O3. The second-order valence-electron chi connectivity index (χ2n) is 7.51. The van der Waals surface area contributed by atoms with Crippen molar-refractivity contribution in [1.29, 1.82) is 0 Å². The Bertz CT molecular complexity index is 1210. The van der Waals surface area contributed by atoms with Crippen LogP contribution in [0, 0.1) is 6.92 Å². The fourth-order valence-corrected chi connectivity index (χ4v) is 3.83. The molecule has 1 N–H and O–H groups in total. The minimum absolute atomic E-state index is 0.333. The molecule has 4 rings (SSSR count). The Labute approximate surface area is 191 Å². The molecule has 2 atom stereocenters. The van der Waals surface area contributed by atoms with Gasteiger partial charge >= 0.3 is 0 Å². The average Bonchev–Trinajstić information content (AvgIpc) is 3.09. The first-order chi connectivity index (χ1) is 15.5. The second-order valence-corrected chi connectivity index (χ2v) is 7.94. The minimum Gasteiger partial charge on any atom is -0.856 e. The van der Waals surface area contributed by atoms with Crippen molar-refractivity contribution < 1.29 is 19.3 Å². The standard InChI is InChI=1S/C25H22ClN3O3/c1-16-6-5-8-18(14-16)24(30)27-22-23(17-10-12-20(26)13-11-17)29(28-25(22)31)15-19-7-3-4-9-21(19)32-2/h3-15,22-23H,1-2H3,(H-,27,28,30,31)/b29-15-/t22-,23-/m0/s1. The van der Waals surface area contributed by atoms with Gasteiger partial charge in [-0.2, -0.15) is 0 Å². The van der Waals surface area contributed by atoms with Gasteiger partial charge in [0.1, 0.15) is 11.8 Å². The molecule has 0 unspecified atom stereocenters. The Morgan fingerprint density at radius 2 is 1.88 bits per heavy atom. The van der Waals surface area contributed by atoms with Crippen LogP contribution in [0.3, 0.4) is 0 Å². The number of carbonyl (C=O) groups is 1. The van der Waals surface area contributed by atoms with Crippen LogP contribution in [0.25, 0.3) is 0 Å². The Morgan fingerprint density at radius 3 is 2.59 bits per heavy atom. The third kappa shape index (κ3) is 4.50. The molecule has 1 aliphatic rings. The zero-order chi connectivity index (χ0) is 22.7. The molecule has 0 saturated heterocycles. The van der Waals surface area contributed by atoms with Crippen LogP contribution in [0.1, 0.15) is 33.1 Å². The zero-order valence-corrected chi connectivity index (χ0v) is 18.4. The number of nitrogens with one attached hydrogen (secondary N) is 1. The number of amides is 1. The summed E-state index contributed by atoms with van der Waals surface area (Å²) in [7, 11) is 1.58. The van der Waals surface area contributed by atoms with E-state index >= 15 is 0 Å². The number of hydrogen-bond donors (Lipinski definition) is 1. The lowest BCUT2D eigenvalue weighted by molar-refractivity contribution is -0.565. The van der Waals surface area contributed by atoms with Crippen LogP contribution in [-0.4, -0.2) is 35.9 Å². The van der Waals surface area contributed by atoms with E-state index in [1.165, 1.54) is 0 Å². The quantitative estimate of drug-likeness (QED) is 0.609. The summed E-state index contributed by atoms with van der Waals surface area (Å²) < 4.78 is 7.00. The van der Waals surface area contributed by atoms with Gasteiger partial charge in [-0.25, -0.2) is 0 Å². The largest absolute Gasteiger partial charge is 0.856 e. The summed E-state index contributed by atoms with van der Waals surface area (Å²) in [6.45, 7) is 1.91. The average molecular weight is 448 g/mol. The van der Waals surface area contributed by atoms with Gasteiger partial charge in [0.2, 0.25) is 12.3 Å². The lowest BCUT2D eigenvalue weighted by atomic mass is 9.99. The highest BCUT2D eigenvalue weighted by atomic mass is 35.5. The molecule has 1 amide bonds. The van der Waals surface area contributed by atoms with Crippen molar-refractivity contribution in [2.24, 2.45) is 5.10 Å². The van der Waals surface area contributed by atoms with Gasteiger partial charge in [-0.05, 0) is 48.4 Å². The van der Waals surface area contributed by atoms with E-state index in [9.17, 15) is 9.90 Å². The van der Waals surface area contributed by atoms with E-state index in [-0.39, 0.29) is 5.91 Å². The molecule has 7 heteroatoms. The SMILES string of the molecule is COc1ccccc1/C=[N+]1\N=C([O-])[C@@H](NC(=O)c2cccc(C)c2)[C@@H]1c1ccc(Cl)cc1. The lowest BCUT2D eigenvalue weighted by Gasteiger charge is -2.20. The number of benzene rings is 3. The number of hydrazone groups is 1. The predicted octanol–water partition coefficient (Wildman–Crippen LogP) is 3.32. The number of nitrogens with zero attached hydrogens (tertiary/aromatic N) is 2. The van der Waals surface area contributed by atoms with Gasteiger partial charge in [-0.1, -0.05) is 58.2 Å². The van der Waals surface area contributed by atoms with E-state index in [4.69, 9.17) is 16.3 Å². The number of ether oxygens (including phenoxy) is 1. The molecule has 1 heterocycles. The first-order valence-electron chi connectivity index (χ1n) is 10.1. The maximum absolute atomic E-state index is 12.9. The smallest absolute Gasteiger partial charge is 0.252 e. The monoisotopic (exact) mass is 447 g/mol. The van der Waals surface area contributed by atoms with Gasteiger partial charge < -0.3 is 15.2 Å². The third-order valence-corrected chi connectivity index (χ3v) is 5.52. The van der Waals surface area contributed by atoms with Crippen LogP contribution >= 0.6 is 11.6 Å². The second kappa shape index (κ2) is 9.24. The topological polar surface area (TPSA) is 76.8 Å². The van der Waals surface area contributed by atoms with Crippen LogP contribution in [0.5, 0.6) is 5.75 Å². The minimum atomic E-state index is -0.866. The highest BCUT2D eigenvalue weighted by Crippen LogP contribution is 2.29. The van der Waals surface area contributed by atoms with Crippen LogP contribution in [-0.2, 0) is 0 Å². The van der Waals surface area contributed by atoms with Crippen LogP contribution in [0.15, 0.2) is 77.9 Å². The van der Waals surface area contributed by atoms with E-state index in [2.05, 4.69) is 10.4 Å². The number of carbonyl (C=O) groups excluding carboxylic acids is 1. The van der Waals surface area contributed by atoms with Crippen molar-refractivity contribution in [3.8, 4) is 5.75 Å². The fraction of sp³-hybridized carbons (Fsp3) is 0.160. The molecule has 1 aliphatic heterocycles. The molecule has 3 aromatic carbocycles. The number of aryl methyl sites for hydroxylation is 1. The third-order valence-electron chi connectivity index (χ3n) is 5.27.